The summed E-state index contributed by atoms with van der Waals surface area (Å²) in [6.45, 7) is 4.27. The lowest BCUT2D eigenvalue weighted by atomic mass is 10.1. The summed E-state index contributed by atoms with van der Waals surface area (Å²) in [5, 5.41) is 0. The molecule has 3 rings (SSSR count). The number of rotatable bonds is 5. The van der Waals surface area contributed by atoms with Crippen LogP contribution in [0.2, 0.25) is 0 Å². The third-order valence-electron chi connectivity index (χ3n) is 4.07. The van der Waals surface area contributed by atoms with Gasteiger partial charge in [-0.25, -0.2) is 8.42 Å². The zero-order chi connectivity index (χ0) is 17.9. The molecule has 0 aromatic heterocycles. The van der Waals surface area contributed by atoms with Gasteiger partial charge in [0, 0.05) is 0 Å². The molecule has 0 aliphatic heterocycles. The van der Waals surface area contributed by atoms with Crippen LogP contribution in [0, 0.1) is 13.8 Å². The van der Waals surface area contributed by atoms with E-state index in [0.717, 1.165) is 16.7 Å². The lowest BCUT2D eigenvalue weighted by Crippen LogP contribution is -2.30. The first-order chi connectivity index (χ1) is 12.0. The second kappa shape index (κ2) is 7.11. The van der Waals surface area contributed by atoms with E-state index in [1.807, 2.05) is 68.4 Å². The average Bonchev–Trinajstić information content (AvgIpc) is 2.62. The number of hydrogen-bond acceptors (Lipinski definition) is 2. The fourth-order valence-corrected chi connectivity index (χ4v) is 4.14. The van der Waals surface area contributed by atoms with Crippen molar-refractivity contribution in [1.82, 2.24) is 0 Å². The van der Waals surface area contributed by atoms with Gasteiger partial charge in [-0.1, -0.05) is 60.2 Å². The Bertz CT molecular complexity index is 949. The minimum absolute atomic E-state index is 0.293. The summed E-state index contributed by atoms with van der Waals surface area (Å²) in [5.41, 5.74) is 3.79. The maximum absolute atomic E-state index is 13.2. The van der Waals surface area contributed by atoms with Gasteiger partial charge in [0.1, 0.15) is 0 Å². The highest BCUT2D eigenvalue weighted by molar-refractivity contribution is 7.92. The van der Waals surface area contributed by atoms with Crippen LogP contribution in [-0.4, -0.2) is 8.42 Å². The standard InChI is InChI=1S/C21H21NO2S/c1-17-11-13-19(14-12-17)16-22(20-8-6-7-18(2)15-20)25(23,24)21-9-4-3-5-10-21/h3-15H,16H2,1-2H3. The molecular weight excluding hydrogens is 330 g/mol. The first-order valence-electron chi connectivity index (χ1n) is 8.17. The summed E-state index contributed by atoms with van der Waals surface area (Å²) >= 11 is 0. The van der Waals surface area contributed by atoms with Crippen LogP contribution in [0.5, 0.6) is 0 Å². The molecule has 3 aromatic rings. The fraction of sp³-hybridized carbons (Fsp3) is 0.143. The van der Waals surface area contributed by atoms with Gasteiger partial charge >= 0.3 is 0 Å². The summed E-state index contributed by atoms with van der Waals surface area (Å²) in [6, 6.07) is 24.1. The van der Waals surface area contributed by atoms with Gasteiger partial charge in [-0.05, 0) is 49.2 Å². The van der Waals surface area contributed by atoms with Crippen LogP contribution in [0.15, 0.2) is 83.8 Å². The Kier molecular flexibility index (Phi) is 4.91. The Hall–Kier alpha value is -2.59. The Labute approximate surface area is 149 Å². The molecule has 0 saturated heterocycles. The van der Waals surface area contributed by atoms with Crippen molar-refractivity contribution in [3.8, 4) is 0 Å². The van der Waals surface area contributed by atoms with Gasteiger partial charge in [0.05, 0.1) is 17.1 Å². The Balaban J connectivity index is 2.07. The molecule has 4 heteroatoms. The largest absolute Gasteiger partial charge is 0.264 e. The van der Waals surface area contributed by atoms with Gasteiger partial charge < -0.3 is 0 Å². The second-order valence-corrected chi connectivity index (χ2v) is 8.01. The first kappa shape index (κ1) is 17.2. The van der Waals surface area contributed by atoms with Gasteiger partial charge in [0.15, 0.2) is 0 Å². The lowest BCUT2D eigenvalue weighted by molar-refractivity contribution is 0.590. The molecule has 0 atom stereocenters. The van der Waals surface area contributed by atoms with Crippen LogP contribution in [0.25, 0.3) is 0 Å². The molecule has 0 radical (unpaired) electrons. The molecule has 0 heterocycles. The maximum Gasteiger partial charge on any atom is 0.264 e. The summed E-state index contributed by atoms with van der Waals surface area (Å²) in [7, 11) is -3.65. The van der Waals surface area contributed by atoms with Gasteiger partial charge in [-0.3, -0.25) is 4.31 Å². The van der Waals surface area contributed by atoms with Gasteiger partial charge in [-0.15, -0.1) is 0 Å². The molecule has 0 unspecified atom stereocenters. The van der Waals surface area contributed by atoms with E-state index in [0.29, 0.717) is 17.1 Å². The Morgan fingerprint density at radius 2 is 1.44 bits per heavy atom. The van der Waals surface area contributed by atoms with E-state index >= 15 is 0 Å². The van der Waals surface area contributed by atoms with Crippen LogP contribution < -0.4 is 4.31 Å². The number of sulfonamides is 1. The van der Waals surface area contributed by atoms with E-state index in [9.17, 15) is 8.42 Å². The van der Waals surface area contributed by atoms with Crippen molar-refractivity contribution in [1.29, 1.82) is 0 Å². The van der Waals surface area contributed by atoms with E-state index in [4.69, 9.17) is 0 Å². The molecule has 0 N–H and O–H groups in total. The number of aryl methyl sites for hydroxylation is 2. The highest BCUT2D eigenvalue weighted by Gasteiger charge is 2.25. The maximum atomic E-state index is 13.2. The topological polar surface area (TPSA) is 37.4 Å². The second-order valence-electron chi connectivity index (χ2n) is 6.15. The lowest BCUT2D eigenvalue weighted by Gasteiger charge is -2.25. The zero-order valence-electron chi connectivity index (χ0n) is 14.4. The van der Waals surface area contributed by atoms with Crippen LogP contribution >= 0.6 is 0 Å². The smallest absolute Gasteiger partial charge is 0.262 e. The molecule has 0 spiro atoms. The van der Waals surface area contributed by atoms with Gasteiger partial charge in [-0.2, -0.15) is 0 Å². The van der Waals surface area contributed by atoms with Gasteiger partial charge in [0.2, 0.25) is 0 Å². The van der Waals surface area contributed by atoms with Crippen molar-refractivity contribution >= 4 is 15.7 Å². The highest BCUT2D eigenvalue weighted by Crippen LogP contribution is 2.26. The van der Waals surface area contributed by atoms with Crippen molar-refractivity contribution < 1.29 is 8.42 Å². The first-order valence-corrected chi connectivity index (χ1v) is 9.61. The third-order valence-corrected chi connectivity index (χ3v) is 5.86. The van der Waals surface area contributed by atoms with Gasteiger partial charge in [0.25, 0.3) is 10.0 Å². The molecule has 25 heavy (non-hydrogen) atoms. The predicted octanol–water partition coefficient (Wildman–Crippen LogP) is 4.70. The molecule has 128 valence electrons. The number of nitrogens with zero attached hydrogens (tertiary/aromatic N) is 1. The molecule has 0 aliphatic rings. The van der Waals surface area contributed by atoms with Crippen LogP contribution in [-0.2, 0) is 16.6 Å². The molecule has 3 nitrogen and oxygen atoms in total. The number of hydrogen-bond donors (Lipinski definition) is 0. The van der Waals surface area contributed by atoms with E-state index in [2.05, 4.69) is 0 Å². The fourth-order valence-electron chi connectivity index (χ4n) is 2.68. The van der Waals surface area contributed by atoms with Crippen LogP contribution in [0.4, 0.5) is 5.69 Å². The zero-order valence-corrected chi connectivity index (χ0v) is 15.2. The summed E-state index contributed by atoms with van der Waals surface area (Å²) < 4.78 is 28.0. The van der Waals surface area contributed by atoms with Crippen molar-refractivity contribution in [2.45, 2.75) is 25.3 Å². The summed E-state index contributed by atoms with van der Waals surface area (Å²) in [4.78, 5) is 0.295. The average molecular weight is 351 g/mol. The molecule has 0 aliphatic carbocycles. The van der Waals surface area contributed by atoms with Crippen molar-refractivity contribution in [3.05, 3.63) is 95.6 Å². The Morgan fingerprint density at radius 1 is 0.760 bits per heavy atom. The highest BCUT2D eigenvalue weighted by atomic mass is 32.2. The summed E-state index contributed by atoms with van der Waals surface area (Å²) in [6.07, 6.45) is 0. The van der Waals surface area contributed by atoms with E-state index < -0.39 is 10.0 Å². The Morgan fingerprint density at radius 3 is 2.08 bits per heavy atom. The SMILES string of the molecule is Cc1ccc(CN(c2cccc(C)c2)S(=O)(=O)c2ccccc2)cc1. The minimum atomic E-state index is -3.65. The number of benzene rings is 3. The molecule has 0 amide bonds. The summed E-state index contributed by atoms with van der Waals surface area (Å²) in [5.74, 6) is 0. The minimum Gasteiger partial charge on any atom is -0.262 e. The molecule has 0 bridgehead atoms. The third kappa shape index (κ3) is 3.91. The van der Waals surface area contributed by atoms with Crippen molar-refractivity contribution in [2.75, 3.05) is 4.31 Å². The van der Waals surface area contributed by atoms with E-state index in [-0.39, 0.29) is 0 Å². The molecular formula is C21H21NO2S. The van der Waals surface area contributed by atoms with Crippen molar-refractivity contribution in [3.63, 3.8) is 0 Å². The normalized spacial score (nSPS) is 11.3. The predicted molar refractivity (Wildman–Crippen MR) is 102 cm³/mol. The molecule has 0 saturated carbocycles. The van der Waals surface area contributed by atoms with Crippen molar-refractivity contribution in [2.24, 2.45) is 0 Å². The monoisotopic (exact) mass is 351 g/mol. The van der Waals surface area contributed by atoms with Crippen LogP contribution in [0.3, 0.4) is 0 Å². The quantitative estimate of drug-likeness (QED) is 0.668. The van der Waals surface area contributed by atoms with E-state index in [1.54, 1.807) is 24.3 Å². The molecule has 3 aromatic carbocycles. The number of anilines is 1. The molecule has 0 fully saturated rings. The van der Waals surface area contributed by atoms with Crippen LogP contribution in [0.1, 0.15) is 16.7 Å². The van der Waals surface area contributed by atoms with E-state index in [1.165, 1.54) is 4.31 Å².